The number of benzene rings is 4. The van der Waals surface area contributed by atoms with Crippen LogP contribution in [-0.4, -0.2) is 10.1 Å². The Morgan fingerprint density at radius 2 is 1.43 bits per heavy atom. The maximum Gasteiger partial charge on any atom is 0.115 e. The van der Waals surface area contributed by atoms with Crippen LogP contribution in [0.15, 0.2) is 91.0 Å². The lowest BCUT2D eigenvalue weighted by Crippen LogP contribution is -1.91. The second kappa shape index (κ2) is 6.50. The van der Waals surface area contributed by atoms with Crippen LogP contribution in [0.25, 0.3) is 44.1 Å². The Hall–Kier alpha value is -3.65. The van der Waals surface area contributed by atoms with Crippen molar-refractivity contribution in [2.24, 2.45) is 0 Å². The first-order valence-corrected chi connectivity index (χ1v) is 9.38. The zero-order valence-electron chi connectivity index (χ0n) is 15.6. The molecule has 0 saturated heterocycles. The number of aryl methyl sites for hydroxylation is 1. The van der Waals surface area contributed by atoms with E-state index in [0.717, 1.165) is 16.8 Å². The van der Waals surface area contributed by atoms with E-state index in [2.05, 4.69) is 73.7 Å². The van der Waals surface area contributed by atoms with Gasteiger partial charge in [-0.2, -0.15) is 0 Å². The van der Waals surface area contributed by atoms with E-state index in [1.54, 1.807) is 12.1 Å². The van der Waals surface area contributed by atoms with Crippen LogP contribution in [0, 0.1) is 6.92 Å². The molecule has 5 rings (SSSR count). The predicted octanol–water partition coefficient (Wildman–Crippen LogP) is 6.74. The summed E-state index contributed by atoms with van der Waals surface area (Å²) in [6, 6.07) is 30.7. The van der Waals surface area contributed by atoms with Crippen molar-refractivity contribution in [2.75, 3.05) is 0 Å². The average molecular weight is 361 g/mol. The molecule has 0 amide bonds. The molecular formula is C26H19NO. The van der Waals surface area contributed by atoms with Gasteiger partial charge >= 0.3 is 0 Å². The summed E-state index contributed by atoms with van der Waals surface area (Å²) in [7, 11) is 0. The second-order valence-electron chi connectivity index (χ2n) is 7.15. The summed E-state index contributed by atoms with van der Waals surface area (Å²) >= 11 is 0. The molecule has 0 aliphatic heterocycles. The molecule has 2 nitrogen and oxygen atoms in total. The zero-order chi connectivity index (χ0) is 19.1. The fraction of sp³-hybridized carbons (Fsp3) is 0.0385. The van der Waals surface area contributed by atoms with Crippen molar-refractivity contribution >= 4 is 21.7 Å². The van der Waals surface area contributed by atoms with E-state index >= 15 is 0 Å². The van der Waals surface area contributed by atoms with Crippen LogP contribution in [0.3, 0.4) is 0 Å². The quantitative estimate of drug-likeness (QED) is 0.353. The number of aromatic hydroxyl groups is 1. The zero-order valence-corrected chi connectivity index (χ0v) is 15.6. The SMILES string of the molecule is Cc1ccc(-c2cc(-c3ccc(O)cc3)nc3ccc4ccccc4c23)cc1. The summed E-state index contributed by atoms with van der Waals surface area (Å²) in [6.07, 6.45) is 0. The Labute approximate surface area is 163 Å². The Kier molecular flexibility index (Phi) is 3.84. The third-order valence-electron chi connectivity index (χ3n) is 5.22. The number of hydrogen-bond donors (Lipinski definition) is 1. The van der Waals surface area contributed by atoms with Crippen molar-refractivity contribution < 1.29 is 5.11 Å². The first-order chi connectivity index (χ1) is 13.7. The third-order valence-corrected chi connectivity index (χ3v) is 5.22. The summed E-state index contributed by atoms with van der Waals surface area (Å²) in [5, 5.41) is 13.2. The lowest BCUT2D eigenvalue weighted by molar-refractivity contribution is 0.475. The van der Waals surface area contributed by atoms with Crippen molar-refractivity contribution in [1.29, 1.82) is 0 Å². The minimum atomic E-state index is 0.259. The fourth-order valence-electron chi connectivity index (χ4n) is 3.75. The number of phenolic OH excluding ortho intramolecular Hbond substituents is 1. The molecule has 0 atom stereocenters. The maximum absolute atomic E-state index is 9.63. The van der Waals surface area contributed by atoms with Gasteiger partial charge in [-0.05, 0) is 65.2 Å². The van der Waals surface area contributed by atoms with E-state index in [1.165, 1.54) is 32.8 Å². The van der Waals surface area contributed by atoms with Gasteiger partial charge in [0.25, 0.3) is 0 Å². The van der Waals surface area contributed by atoms with Crippen LogP contribution < -0.4 is 0 Å². The molecule has 28 heavy (non-hydrogen) atoms. The van der Waals surface area contributed by atoms with Gasteiger partial charge in [0.2, 0.25) is 0 Å². The van der Waals surface area contributed by atoms with Crippen molar-refractivity contribution in [3.05, 3.63) is 96.6 Å². The van der Waals surface area contributed by atoms with E-state index < -0.39 is 0 Å². The monoisotopic (exact) mass is 361 g/mol. The summed E-state index contributed by atoms with van der Waals surface area (Å²) in [4.78, 5) is 4.95. The highest BCUT2D eigenvalue weighted by Gasteiger charge is 2.12. The van der Waals surface area contributed by atoms with Gasteiger partial charge in [-0.3, -0.25) is 0 Å². The summed E-state index contributed by atoms with van der Waals surface area (Å²) < 4.78 is 0. The molecule has 5 aromatic rings. The number of rotatable bonds is 2. The molecule has 1 N–H and O–H groups in total. The van der Waals surface area contributed by atoms with Crippen LogP contribution in [-0.2, 0) is 0 Å². The molecule has 0 fully saturated rings. The molecule has 0 saturated carbocycles. The topological polar surface area (TPSA) is 33.1 Å². The minimum Gasteiger partial charge on any atom is -0.508 e. The largest absolute Gasteiger partial charge is 0.508 e. The van der Waals surface area contributed by atoms with Crippen molar-refractivity contribution in [3.63, 3.8) is 0 Å². The van der Waals surface area contributed by atoms with Gasteiger partial charge in [0, 0.05) is 10.9 Å². The molecule has 0 unspecified atom stereocenters. The number of fused-ring (bicyclic) bond motifs is 3. The van der Waals surface area contributed by atoms with Crippen LogP contribution in [0.1, 0.15) is 5.56 Å². The van der Waals surface area contributed by atoms with Gasteiger partial charge in [-0.1, -0.05) is 60.2 Å². The van der Waals surface area contributed by atoms with Gasteiger partial charge in [0.15, 0.2) is 0 Å². The number of nitrogens with zero attached hydrogens (tertiary/aromatic N) is 1. The third kappa shape index (κ3) is 2.80. The highest BCUT2D eigenvalue weighted by atomic mass is 16.3. The molecular weight excluding hydrogens is 342 g/mol. The van der Waals surface area contributed by atoms with E-state index in [1.807, 2.05) is 12.1 Å². The summed E-state index contributed by atoms with van der Waals surface area (Å²) in [6.45, 7) is 2.10. The number of aromatic nitrogens is 1. The maximum atomic E-state index is 9.63. The Morgan fingerprint density at radius 1 is 0.714 bits per heavy atom. The molecule has 0 bridgehead atoms. The second-order valence-corrected chi connectivity index (χ2v) is 7.15. The summed E-state index contributed by atoms with van der Waals surface area (Å²) in [5.74, 6) is 0.259. The van der Waals surface area contributed by atoms with Gasteiger partial charge in [-0.15, -0.1) is 0 Å². The van der Waals surface area contributed by atoms with Crippen LogP contribution >= 0.6 is 0 Å². The Morgan fingerprint density at radius 3 is 2.21 bits per heavy atom. The van der Waals surface area contributed by atoms with E-state index in [0.29, 0.717) is 0 Å². The highest BCUT2D eigenvalue weighted by molar-refractivity contribution is 6.13. The van der Waals surface area contributed by atoms with Crippen molar-refractivity contribution in [3.8, 4) is 28.1 Å². The first-order valence-electron chi connectivity index (χ1n) is 9.38. The molecule has 0 radical (unpaired) electrons. The van der Waals surface area contributed by atoms with E-state index in [-0.39, 0.29) is 5.75 Å². The lowest BCUT2D eigenvalue weighted by Gasteiger charge is -2.13. The first kappa shape index (κ1) is 16.5. The van der Waals surface area contributed by atoms with Gasteiger partial charge in [0.1, 0.15) is 5.75 Å². The number of hydrogen-bond acceptors (Lipinski definition) is 2. The van der Waals surface area contributed by atoms with E-state index in [9.17, 15) is 5.11 Å². The Balaban J connectivity index is 1.87. The molecule has 134 valence electrons. The molecule has 2 heteroatoms. The molecule has 1 aromatic heterocycles. The Bertz CT molecular complexity index is 1300. The molecule has 0 spiro atoms. The standard InChI is InChI=1S/C26H19NO/c1-17-6-8-19(9-7-17)23-16-25(20-10-13-21(28)14-11-20)27-24-15-12-18-4-2-3-5-22(18)26(23)24/h2-16,28H,1H3. The van der Waals surface area contributed by atoms with Crippen LogP contribution in [0.5, 0.6) is 5.75 Å². The highest BCUT2D eigenvalue weighted by Crippen LogP contribution is 2.36. The smallest absolute Gasteiger partial charge is 0.115 e. The molecule has 1 heterocycles. The molecule has 4 aromatic carbocycles. The number of phenols is 1. The van der Waals surface area contributed by atoms with Gasteiger partial charge in [0.05, 0.1) is 11.2 Å². The van der Waals surface area contributed by atoms with Crippen molar-refractivity contribution in [1.82, 2.24) is 4.98 Å². The fourth-order valence-corrected chi connectivity index (χ4v) is 3.75. The predicted molar refractivity (Wildman–Crippen MR) is 117 cm³/mol. The normalized spacial score (nSPS) is 11.2. The van der Waals surface area contributed by atoms with Gasteiger partial charge in [-0.25, -0.2) is 4.98 Å². The van der Waals surface area contributed by atoms with Gasteiger partial charge < -0.3 is 5.11 Å². The van der Waals surface area contributed by atoms with Crippen LogP contribution in [0.2, 0.25) is 0 Å². The average Bonchev–Trinajstić information content (AvgIpc) is 2.74. The lowest BCUT2D eigenvalue weighted by atomic mass is 9.94. The number of pyridine rings is 1. The minimum absolute atomic E-state index is 0.259. The van der Waals surface area contributed by atoms with Crippen LogP contribution in [0.4, 0.5) is 0 Å². The van der Waals surface area contributed by atoms with E-state index in [4.69, 9.17) is 4.98 Å². The van der Waals surface area contributed by atoms with Crippen molar-refractivity contribution in [2.45, 2.75) is 6.92 Å². The molecule has 0 aliphatic rings. The summed E-state index contributed by atoms with van der Waals surface area (Å²) in [5.41, 5.74) is 6.45. The molecule has 0 aliphatic carbocycles.